The first kappa shape index (κ1) is 19.2. The summed E-state index contributed by atoms with van der Waals surface area (Å²) in [6.07, 6.45) is -0.473. The van der Waals surface area contributed by atoms with E-state index < -0.39 is 6.10 Å². The van der Waals surface area contributed by atoms with Crippen molar-refractivity contribution in [3.63, 3.8) is 0 Å². The molecule has 0 fully saturated rings. The van der Waals surface area contributed by atoms with Crippen LogP contribution in [0.1, 0.15) is 24.2 Å². The number of hydrogen-bond acceptors (Lipinski definition) is 5. The second-order valence-electron chi connectivity index (χ2n) is 6.03. The Morgan fingerprint density at radius 2 is 2.00 bits per heavy atom. The van der Waals surface area contributed by atoms with Crippen molar-refractivity contribution in [3.05, 3.63) is 52.5 Å². The maximum Gasteiger partial charge on any atom is 0.166 e. The average Bonchev–Trinajstić information content (AvgIpc) is 2.82. The Morgan fingerprint density at radius 3 is 2.67 bits per heavy atom. The SMILES string of the molecule is C/N=C(/C)N1C(=N)CO[C@H](c2cccc(OC)c2OC)c2cc(Cl)ccc21. The molecular weight excluding hydrogens is 366 g/mol. The molecular formula is C20H22ClN3O3. The molecule has 0 radical (unpaired) electrons. The van der Waals surface area contributed by atoms with Crippen LogP contribution in [0, 0.1) is 5.41 Å². The number of benzene rings is 2. The van der Waals surface area contributed by atoms with Crippen LogP contribution in [-0.2, 0) is 4.74 Å². The molecule has 6 nitrogen and oxygen atoms in total. The molecule has 7 heteroatoms. The molecule has 0 saturated heterocycles. The minimum Gasteiger partial charge on any atom is -0.493 e. The molecule has 1 N–H and O–H groups in total. The Hall–Kier alpha value is -2.57. The molecule has 3 rings (SSSR count). The highest BCUT2D eigenvalue weighted by atomic mass is 35.5. The van der Waals surface area contributed by atoms with Gasteiger partial charge in [0, 0.05) is 23.2 Å². The van der Waals surface area contributed by atoms with Crippen molar-refractivity contribution in [2.75, 3.05) is 32.8 Å². The molecule has 27 heavy (non-hydrogen) atoms. The summed E-state index contributed by atoms with van der Waals surface area (Å²) in [7, 11) is 4.89. The molecule has 142 valence electrons. The van der Waals surface area contributed by atoms with Crippen LogP contribution >= 0.6 is 11.6 Å². The lowest BCUT2D eigenvalue weighted by Gasteiger charge is -2.25. The summed E-state index contributed by atoms with van der Waals surface area (Å²) >= 11 is 6.30. The normalized spacial score (nSPS) is 17.4. The van der Waals surface area contributed by atoms with Gasteiger partial charge in [-0.1, -0.05) is 23.7 Å². The van der Waals surface area contributed by atoms with Crippen LogP contribution < -0.4 is 14.4 Å². The van der Waals surface area contributed by atoms with Gasteiger partial charge in [0.2, 0.25) is 0 Å². The van der Waals surface area contributed by atoms with E-state index in [9.17, 15) is 0 Å². The zero-order valence-corrected chi connectivity index (χ0v) is 16.5. The Kier molecular flexibility index (Phi) is 5.68. The fraction of sp³-hybridized carbons (Fsp3) is 0.300. The van der Waals surface area contributed by atoms with Crippen molar-refractivity contribution >= 4 is 29.0 Å². The number of nitrogens with zero attached hydrogens (tertiary/aromatic N) is 2. The molecule has 2 aromatic carbocycles. The summed E-state index contributed by atoms with van der Waals surface area (Å²) in [5.41, 5.74) is 2.44. The van der Waals surface area contributed by atoms with E-state index in [2.05, 4.69) is 4.99 Å². The van der Waals surface area contributed by atoms with Crippen molar-refractivity contribution in [1.29, 1.82) is 5.41 Å². The van der Waals surface area contributed by atoms with Gasteiger partial charge in [-0.2, -0.15) is 0 Å². The summed E-state index contributed by atoms with van der Waals surface area (Å²) in [5.74, 6) is 2.21. The number of amidine groups is 2. The largest absolute Gasteiger partial charge is 0.493 e. The molecule has 0 bridgehead atoms. The zero-order valence-electron chi connectivity index (χ0n) is 15.7. The van der Waals surface area contributed by atoms with Gasteiger partial charge in [-0.15, -0.1) is 0 Å². The van der Waals surface area contributed by atoms with Crippen molar-refractivity contribution in [2.24, 2.45) is 4.99 Å². The summed E-state index contributed by atoms with van der Waals surface area (Å²) in [6.45, 7) is 1.98. The van der Waals surface area contributed by atoms with Gasteiger partial charge in [-0.05, 0) is 31.2 Å². The minimum atomic E-state index is -0.473. The van der Waals surface area contributed by atoms with Gasteiger partial charge in [0.25, 0.3) is 0 Å². The lowest BCUT2D eigenvalue weighted by Crippen LogP contribution is -2.36. The Morgan fingerprint density at radius 1 is 1.22 bits per heavy atom. The minimum absolute atomic E-state index is 0.115. The topological polar surface area (TPSA) is 67.1 Å². The van der Waals surface area contributed by atoms with Gasteiger partial charge >= 0.3 is 0 Å². The smallest absolute Gasteiger partial charge is 0.166 e. The second kappa shape index (κ2) is 7.98. The predicted octanol–water partition coefficient (Wildman–Crippen LogP) is 4.31. The Balaban J connectivity index is 2.24. The first-order valence-electron chi connectivity index (χ1n) is 8.44. The van der Waals surface area contributed by atoms with E-state index in [0.29, 0.717) is 28.2 Å². The summed E-state index contributed by atoms with van der Waals surface area (Å²) < 4.78 is 17.2. The predicted molar refractivity (Wildman–Crippen MR) is 108 cm³/mol. The van der Waals surface area contributed by atoms with Gasteiger partial charge in [0.1, 0.15) is 24.4 Å². The van der Waals surface area contributed by atoms with E-state index >= 15 is 0 Å². The first-order valence-corrected chi connectivity index (χ1v) is 8.82. The number of aliphatic imine (C=N–C) groups is 1. The molecule has 1 aliphatic rings. The highest BCUT2D eigenvalue weighted by Crippen LogP contribution is 2.43. The highest BCUT2D eigenvalue weighted by molar-refractivity contribution is 6.31. The average molecular weight is 388 g/mol. The fourth-order valence-electron chi connectivity index (χ4n) is 3.25. The maximum absolute atomic E-state index is 8.46. The van der Waals surface area contributed by atoms with E-state index in [1.165, 1.54) is 0 Å². The second-order valence-corrected chi connectivity index (χ2v) is 6.47. The van der Waals surface area contributed by atoms with Gasteiger partial charge < -0.3 is 14.2 Å². The lowest BCUT2D eigenvalue weighted by atomic mass is 9.98. The molecule has 0 aliphatic carbocycles. The quantitative estimate of drug-likeness (QED) is 0.629. The Labute approximate surface area is 163 Å². The van der Waals surface area contributed by atoms with Crippen LogP contribution in [0.4, 0.5) is 5.69 Å². The van der Waals surface area contributed by atoms with E-state index in [1.807, 2.05) is 37.3 Å². The van der Waals surface area contributed by atoms with Gasteiger partial charge in [-0.25, -0.2) is 0 Å². The molecule has 1 atom stereocenters. The van der Waals surface area contributed by atoms with Crippen molar-refractivity contribution < 1.29 is 14.2 Å². The number of hydrogen-bond donors (Lipinski definition) is 1. The molecule has 0 saturated carbocycles. The third-order valence-corrected chi connectivity index (χ3v) is 4.77. The van der Waals surface area contributed by atoms with Crippen LogP contribution in [-0.4, -0.2) is 39.5 Å². The molecule has 0 unspecified atom stereocenters. The van der Waals surface area contributed by atoms with Crippen molar-refractivity contribution in [3.8, 4) is 11.5 Å². The number of methoxy groups -OCH3 is 2. The van der Waals surface area contributed by atoms with Crippen molar-refractivity contribution in [1.82, 2.24) is 0 Å². The number of rotatable bonds is 3. The number of ether oxygens (including phenoxy) is 3. The van der Waals surface area contributed by atoms with Crippen LogP contribution in [0.25, 0.3) is 0 Å². The molecule has 2 aromatic rings. The number of fused-ring (bicyclic) bond motifs is 1. The van der Waals surface area contributed by atoms with Gasteiger partial charge in [0.05, 0.1) is 19.9 Å². The van der Waals surface area contributed by atoms with Crippen LogP contribution in [0.5, 0.6) is 11.5 Å². The van der Waals surface area contributed by atoms with E-state index in [0.717, 1.165) is 16.8 Å². The molecule has 1 aliphatic heterocycles. The number of anilines is 1. The molecule has 0 spiro atoms. The number of para-hydroxylation sites is 1. The molecule has 0 amide bonds. The van der Waals surface area contributed by atoms with Crippen LogP contribution in [0.15, 0.2) is 41.4 Å². The maximum atomic E-state index is 8.46. The van der Waals surface area contributed by atoms with Crippen molar-refractivity contribution in [2.45, 2.75) is 13.0 Å². The number of halogens is 1. The Bertz CT molecular complexity index is 898. The van der Waals surface area contributed by atoms with Crippen LogP contribution in [0.2, 0.25) is 5.02 Å². The van der Waals surface area contributed by atoms with Gasteiger partial charge in [0.15, 0.2) is 11.5 Å². The molecule has 0 aromatic heterocycles. The highest BCUT2D eigenvalue weighted by Gasteiger charge is 2.31. The lowest BCUT2D eigenvalue weighted by molar-refractivity contribution is 0.112. The molecule has 1 heterocycles. The standard InChI is InChI=1S/C20H22ClN3O3/c1-12(23-2)24-16-9-8-13(21)10-15(16)19(27-11-18(24)22)14-6-5-7-17(25-3)20(14)26-4/h5-10,19,22H,11H2,1-4H3/b22-18?,23-12-/t19-/m1/s1. The monoisotopic (exact) mass is 387 g/mol. The fourth-order valence-corrected chi connectivity index (χ4v) is 3.43. The zero-order chi connectivity index (χ0) is 19.6. The van der Waals surface area contributed by atoms with Gasteiger partial charge in [-0.3, -0.25) is 15.3 Å². The van der Waals surface area contributed by atoms with E-state index in [1.54, 1.807) is 32.2 Å². The summed E-state index contributed by atoms with van der Waals surface area (Å²) in [6, 6.07) is 11.2. The third kappa shape index (κ3) is 3.50. The summed E-state index contributed by atoms with van der Waals surface area (Å²) in [4.78, 5) is 6.03. The van der Waals surface area contributed by atoms with Crippen LogP contribution in [0.3, 0.4) is 0 Å². The number of nitrogens with one attached hydrogen (secondary N) is 1. The van der Waals surface area contributed by atoms with E-state index in [-0.39, 0.29) is 6.61 Å². The third-order valence-electron chi connectivity index (χ3n) is 4.53. The first-order chi connectivity index (χ1) is 13.0. The summed E-state index contributed by atoms with van der Waals surface area (Å²) in [5, 5.41) is 9.05. The van der Waals surface area contributed by atoms with E-state index in [4.69, 9.17) is 31.2 Å².